The normalized spacial score (nSPS) is 11.5. The van der Waals surface area contributed by atoms with Crippen molar-refractivity contribution in [1.29, 1.82) is 0 Å². The summed E-state index contributed by atoms with van der Waals surface area (Å²) < 4.78 is 25.6. The average Bonchev–Trinajstić information content (AvgIpc) is 3.22. The second-order valence-electron chi connectivity index (χ2n) is 6.77. The Balaban J connectivity index is 1.77. The van der Waals surface area contributed by atoms with E-state index < -0.39 is 9.84 Å². The smallest absolute Gasteiger partial charge is 0.260 e. The third kappa shape index (κ3) is 4.13. The fraction of sp³-hybridized carbons (Fsp3) is 0.130. The van der Waals surface area contributed by atoms with Crippen molar-refractivity contribution in [1.82, 2.24) is 4.98 Å². The summed E-state index contributed by atoms with van der Waals surface area (Å²) in [5, 5.41) is 0.578. The van der Waals surface area contributed by atoms with E-state index in [2.05, 4.69) is 4.98 Å². The fourth-order valence-corrected chi connectivity index (χ4v) is 5.00. The van der Waals surface area contributed by atoms with Crippen LogP contribution in [0.1, 0.15) is 22.8 Å². The lowest BCUT2D eigenvalue weighted by Crippen LogP contribution is -2.30. The zero-order valence-corrected chi connectivity index (χ0v) is 18.0. The Morgan fingerprint density at radius 3 is 2.43 bits per heavy atom. The number of benzene rings is 3. The van der Waals surface area contributed by atoms with Crippen LogP contribution in [0.4, 0.5) is 5.13 Å². The molecule has 0 aliphatic rings. The van der Waals surface area contributed by atoms with Gasteiger partial charge in [0, 0.05) is 5.56 Å². The van der Waals surface area contributed by atoms with Gasteiger partial charge >= 0.3 is 0 Å². The molecular weight excluding hydrogens is 416 g/mol. The minimum absolute atomic E-state index is 0.0176. The van der Waals surface area contributed by atoms with Crippen LogP contribution in [-0.4, -0.2) is 25.1 Å². The van der Waals surface area contributed by atoms with Crippen LogP contribution in [0, 0.1) is 0 Å². The molecule has 1 heterocycles. The quantitative estimate of drug-likeness (QED) is 0.429. The molecule has 0 saturated heterocycles. The highest BCUT2D eigenvalue weighted by Crippen LogP contribution is 2.31. The summed E-state index contributed by atoms with van der Waals surface area (Å²) >= 11 is 1.44. The molecule has 3 aromatic carbocycles. The van der Waals surface area contributed by atoms with Crippen molar-refractivity contribution in [2.75, 3.05) is 10.7 Å². The molecule has 1 amide bonds. The molecule has 0 atom stereocenters. The topological polar surface area (TPSA) is 67.3 Å². The van der Waals surface area contributed by atoms with E-state index in [9.17, 15) is 13.2 Å². The highest BCUT2D eigenvalue weighted by atomic mass is 32.2. The lowest BCUT2D eigenvalue weighted by Gasteiger charge is -2.20. The fourth-order valence-electron chi connectivity index (χ4n) is 3.11. The van der Waals surface area contributed by atoms with E-state index in [4.69, 9.17) is 0 Å². The molecule has 0 fully saturated rings. The lowest BCUT2D eigenvalue weighted by atomic mass is 10.1. The number of hydrogen-bond acceptors (Lipinski definition) is 5. The molecule has 7 heteroatoms. The van der Waals surface area contributed by atoms with E-state index in [0.29, 0.717) is 17.2 Å². The molecule has 0 radical (unpaired) electrons. The highest BCUT2D eigenvalue weighted by Gasteiger charge is 2.23. The SMILES string of the molecule is CCS(=O)(=O)c1cccc(C(=O)N(Cc2ccccc2)c2nc3ccccc3s2)c1. The van der Waals surface area contributed by atoms with Crippen LogP contribution in [0.5, 0.6) is 0 Å². The summed E-state index contributed by atoms with van der Waals surface area (Å²) in [6, 6.07) is 23.6. The van der Waals surface area contributed by atoms with Crippen molar-refractivity contribution >= 4 is 42.4 Å². The number of anilines is 1. The van der Waals surface area contributed by atoms with Gasteiger partial charge in [0.05, 0.1) is 27.4 Å². The number of carbonyl (C=O) groups is 1. The number of sulfone groups is 1. The van der Waals surface area contributed by atoms with Gasteiger partial charge in [0.1, 0.15) is 0 Å². The van der Waals surface area contributed by atoms with Crippen LogP contribution in [0.2, 0.25) is 0 Å². The molecule has 1 aromatic heterocycles. The number of nitrogens with zero attached hydrogens (tertiary/aromatic N) is 2. The van der Waals surface area contributed by atoms with Gasteiger partial charge < -0.3 is 0 Å². The maximum atomic E-state index is 13.5. The number of thiazole rings is 1. The van der Waals surface area contributed by atoms with Crippen LogP contribution < -0.4 is 4.90 Å². The van der Waals surface area contributed by atoms with Crippen molar-refractivity contribution in [3.05, 3.63) is 90.0 Å². The Hall–Kier alpha value is -3.03. The third-order valence-corrected chi connectivity index (χ3v) is 7.55. The first kappa shape index (κ1) is 20.3. The second kappa shape index (κ2) is 8.38. The number of hydrogen-bond donors (Lipinski definition) is 0. The minimum atomic E-state index is -3.41. The zero-order chi connectivity index (χ0) is 21.1. The van der Waals surface area contributed by atoms with E-state index in [0.717, 1.165) is 15.8 Å². The van der Waals surface area contributed by atoms with Gasteiger partial charge in [0.15, 0.2) is 15.0 Å². The maximum Gasteiger partial charge on any atom is 0.260 e. The van der Waals surface area contributed by atoms with Gasteiger partial charge in [-0.15, -0.1) is 0 Å². The lowest BCUT2D eigenvalue weighted by molar-refractivity contribution is 0.0985. The molecule has 0 N–H and O–H groups in total. The molecular formula is C23H20N2O3S2. The van der Waals surface area contributed by atoms with E-state index >= 15 is 0 Å². The minimum Gasteiger partial charge on any atom is -0.279 e. The average molecular weight is 437 g/mol. The Morgan fingerprint density at radius 1 is 0.967 bits per heavy atom. The van der Waals surface area contributed by atoms with E-state index in [1.54, 1.807) is 24.0 Å². The van der Waals surface area contributed by atoms with Crippen molar-refractivity contribution in [2.45, 2.75) is 18.4 Å². The van der Waals surface area contributed by atoms with Gasteiger partial charge in [-0.1, -0.05) is 66.8 Å². The number of fused-ring (bicyclic) bond motifs is 1. The molecule has 0 spiro atoms. The van der Waals surface area contributed by atoms with Gasteiger partial charge in [0.2, 0.25) is 0 Å². The summed E-state index contributed by atoms with van der Waals surface area (Å²) in [7, 11) is -3.41. The number of amides is 1. The number of aromatic nitrogens is 1. The predicted octanol–water partition coefficient (Wildman–Crippen LogP) is 4.94. The van der Waals surface area contributed by atoms with Crippen molar-refractivity contribution in [2.24, 2.45) is 0 Å². The molecule has 0 aliphatic carbocycles. The first-order valence-electron chi connectivity index (χ1n) is 9.52. The molecule has 5 nitrogen and oxygen atoms in total. The Labute approximate surface area is 179 Å². The molecule has 0 unspecified atom stereocenters. The first-order chi connectivity index (χ1) is 14.5. The van der Waals surface area contributed by atoms with Gasteiger partial charge in [-0.25, -0.2) is 13.4 Å². The number of carbonyl (C=O) groups excluding carboxylic acids is 1. The highest BCUT2D eigenvalue weighted by molar-refractivity contribution is 7.91. The summed E-state index contributed by atoms with van der Waals surface area (Å²) in [6.45, 7) is 1.93. The van der Waals surface area contributed by atoms with Gasteiger partial charge in [0.25, 0.3) is 5.91 Å². The zero-order valence-electron chi connectivity index (χ0n) is 16.4. The van der Waals surface area contributed by atoms with Crippen molar-refractivity contribution in [3.8, 4) is 0 Å². The maximum absolute atomic E-state index is 13.5. The molecule has 0 bridgehead atoms. The summed E-state index contributed by atoms with van der Waals surface area (Å²) in [5.74, 6) is -0.304. The largest absolute Gasteiger partial charge is 0.279 e. The molecule has 30 heavy (non-hydrogen) atoms. The molecule has 0 saturated carbocycles. The van der Waals surface area contributed by atoms with Crippen LogP contribution in [-0.2, 0) is 16.4 Å². The van der Waals surface area contributed by atoms with E-state index in [1.807, 2.05) is 54.6 Å². The molecule has 4 aromatic rings. The predicted molar refractivity (Wildman–Crippen MR) is 121 cm³/mol. The molecule has 0 aliphatic heterocycles. The standard InChI is InChI=1S/C23H20N2O3S2/c1-2-30(27,28)19-12-8-11-18(15-19)22(26)25(16-17-9-4-3-5-10-17)23-24-20-13-6-7-14-21(20)29-23/h3-15H,2,16H2,1H3. The second-order valence-corrected chi connectivity index (χ2v) is 10.1. The number of rotatable bonds is 6. The Kier molecular flexibility index (Phi) is 5.65. The molecule has 4 rings (SSSR count). The third-order valence-electron chi connectivity index (χ3n) is 4.76. The van der Waals surface area contributed by atoms with Gasteiger partial charge in [-0.2, -0.15) is 0 Å². The monoisotopic (exact) mass is 436 g/mol. The van der Waals surface area contributed by atoms with E-state index in [1.165, 1.54) is 23.5 Å². The van der Waals surface area contributed by atoms with Crippen molar-refractivity contribution in [3.63, 3.8) is 0 Å². The van der Waals surface area contributed by atoms with Crippen LogP contribution in [0.25, 0.3) is 10.2 Å². The number of para-hydroxylation sites is 1. The van der Waals surface area contributed by atoms with Gasteiger partial charge in [-0.3, -0.25) is 9.69 Å². The summed E-state index contributed by atoms with van der Waals surface area (Å²) in [5.41, 5.74) is 2.10. The Morgan fingerprint density at radius 2 is 1.70 bits per heavy atom. The van der Waals surface area contributed by atoms with Gasteiger partial charge in [-0.05, 0) is 35.9 Å². The first-order valence-corrected chi connectivity index (χ1v) is 12.0. The van der Waals surface area contributed by atoms with Crippen molar-refractivity contribution < 1.29 is 13.2 Å². The van der Waals surface area contributed by atoms with E-state index in [-0.39, 0.29) is 16.6 Å². The summed E-state index contributed by atoms with van der Waals surface area (Å²) in [4.78, 5) is 19.9. The molecule has 152 valence electrons. The summed E-state index contributed by atoms with van der Waals surface area (Å²) in [6.07, 6.45) is 0. The van der Waals surface area contributed by atoms with Crippen LogP contribution in [0.15, 0.2) is 83.8 Å². The van der Waals surface area contributed by atoms with Crippen LogP contribution in [0.3, 0.4) is 0 Å². The Bertz CT molecular complexity index is 1270. The van der Waals surface area contributed by atoms with Crippen LogP contribution >= 0.6 is 11.3 Å².